The number of aryl methyl sites for hydroxylation is 1. The number of aliphatic carboxylic acids is 2. The van der Waals surface area contributed by atoms with Crippen LogP contribution in [-0.2, 0) is 16.1 Å². The predicted octanol–water partition coefficient (Wildman–Crippen LogP) is 3.06. The topological polar surface area (TPSA) is 81.1 Å². The van der Waals surface area contributed by atoms with Gasteiger partial charge in [0, 0.05) is 50.0 Å². The second kappa shape index (κ2) is 9.97. The molecule has 0 aromatic heterocycles. The third-order valence-corrected chi connectivity index (χ3v) is 4.88. The smallest absolute Gasteiger partial charge is 0.414 e. The highest BCUT2D eigenvalue weighted by atomic mass is 19.1. The zero-order chi connectivity index (χ0) is 21.6. The molecule has 156 valence electrons. The zero-order valence-corrected chi connectivity index (χ0v) is 16.4. The molecule has 8 heteroatoms. The van der Waals surface area contributed by atoms with Gasteiger partial charge in [0.2, 0.25) is 0 Å². The van der Waals surface area contributed by atoms with Crippen molar-refractivity contribution in [2.45, 2.75) is 20.4 Å². The summed E-state index contributed by atoms with van der Waals surface area (Å²) in [5.74, 6) is -4.63. The molecule has 0 spiro atoms. The number of hydrogen-bond acceptors (Lipinski definition) is 4. The van der Waals surface area contributed by atoms with Crippen molar-refractivity contribution in [3.05, 3.63) is 64.7 Å². The molecule has 1 aliphatic heterocycles. The molecular weight excluding hydrogens is 382 g/mol. The Hall–Kier alpha value is -3.00. The van der Waals surface area contributed by atoms with E-state index in [0.717, 1.165) is 32.2 Å². The lowest BCUT2D eigenvalue weighted by molar-refractivity contribution is -0.159. The van der Waals surface area contributed by atoms with Crippen LogP contribution in [0.1, 0.15) is 16.7 Å². The maximum atomic E-state index is 13.8. The van der Waals surface area contributed by atoms with Crippen LogP contribution in [0.15, 0.2) is 36.4 Å². The summed E-state index contributed by atoms with van der Waals surface area (Å²) in [5, 5.41) is 14.8. The molecule has 3 rings (SSSR count). The molecule has 1 fully saturated rings. The van der Waals surface area contributed by atoms with E-state index in [1.54, 1.807) is 6.07 Å². The van der Waals surface area contributed by atoms with Gasteiger partial charge in [-0.25, -0.2) is 18.4 Å². The number of carbonyl (C=O) groups is 2. The number of halogens is 2. The molecule has 0 bridgehead atoms. The average Bonchev–Trinajstić information content (AvgIpc) is 2.67. The van der Waals surface area contributed by atoms with E-state index in [2.05, 4.69) is 41.8 Å². The number of rotatable bonds is 3. The maximum Gasteiger partial charge on any atom is 0.414 e. The first-order valence-electron chi connectivity index (χ1n) is 9.12. The van der Waals surface area contributed by atoms with Crippen molar-refractivity contribution in [3.8, 4) is 0 Å². The number of benzene rings is 2. The van der Waals surface area contributed by atoms with Gasteiger partial charge in [0.15, 0.2) is 0 Å². The Morgan fingerprint density at radius 2 is 1.59 bits per heavy atom. The molecule has 0 unspecified atom stereocenters. The molecule has 1 saturated heterocycles. The van der Waals surface area contributed by atoms with Crippen LogP contribution in [0.25, 0.3) is 0 Å². The summed E-state index contributed by atoms with van der Waals surface area (Å²) in [4.78, 5) is 22.8. The van der Waals surface area contributed by atoms with E-state index < -0.39 is 23.6 Å². The Morgan fingerprint density at radius 1 is 0.966 bits per heavy atom. The minimum absolute atomic E-state index is 0.457. The van der Waals surface area contributed by atoms with Gasteiger partial charge in [-0.3, -0.25) is 4.90 Å². The highest BCUT2D eigenvalue weighted by Crippen LogP contribution is 2.24. The molecule has 0 radical (unpaired) electrons. The van der Waals surface area contributed by atoms with Crippen molar-refractivity contribution >= 4 is 17.6 Å². The third-order valence-electron chi connectivity index (χ3n) is 4.88. The van der Waals surface area contributed by atoms with Crippen molar-refractivity contribution in [1.82, 2.24) is 4.90 Å². The van der Waals surface area contributed by atoms with Gasteiger partial charge in [-0.2, -0.15) is 0 Å². The fraction of sp³-hybridized carbons (Fsp3) is 0.333. The van der Waals surface area contributed by atoms with Crippen LogP contribution in [0.3, 0.4) is 0 Å². The summed E-state index contributed by atoms with van der Waals surface area (Å²) in [7, 11) is 0. The lowest BCUT2D eigenvalue weighted by Gasteiger charge is -2.37. The molecular formula is C21H24F2N2O4. The third kappa shape index (κ3) is 6.25. The lowest BCUT2D eigenvalue weighted by atomic mass is 10.1. The summed E-state index contributed by atoms with van der Waals surface area (Å²) < 4.78 is 26.7. The first kappa shape index (κ1) is 22.3. The largest absolute Gasteiger partial charge is 0.473 e. The fourth-order valence-corrected chi connectivity index (χ4v) is 3.12. The average molecular weight is 406 g/mol. The van der Waals surface area contributed by atoms with Gasteiger partial charge >= 0.3 is 11.9 Å². The summed E-state index contributed by atoms with van der Waals surface area (Å²) in [6, 6.07) is 10.2. The highest BCUT2D eigenvalue weighted by molar-refractivity contribution is 6.27. The molecule has 2 aromatic rings. The minimum atomic E-state index is -1.82. The number of hydrogen-bond donors (Lipinski definition) is 2. The van der Waals surface area contributed by atoms with E-state index in [1.807, 2.05) is 0 Å². The molecule has 0 saturated carbocycles. The SMILES string of the molecule is Cc1cccc(N2CCN(Cc3ccc(F)cc3F)CC2)c1C.O=C(O)C(=O)O. The predicted molar refractivity (Wildman–Crippen MR) is 105 cm³/mol. The summed E-state index contributed by atoms with van der Waals surface area (Å²) in [6.45, 7) is 8.43. The van der Waals surface area contributed by atoms with Gasteiger partial charge in [0.25, 0.3) is 0 Å². The van der Waals surface area contributed by atoms with Crippen molar-refractivity contribution in [2.24, 2.45) is 0 Å². The van der Waals surface area contributed by atoms with E-state index >= 15 is 0 Å². The van der Waals surface area contributed by atoms with E-state index in [4.69, 9.17) is 19.8 Å². The molecule has 0 atom stereocenters. The molecule has 2 aromatic carbocycles. The number of carboxylic acids is 2. The Bertz CT molecular complexity index is 869. The first-order chi connectivity index (χ1) is 13.7. The van der Waals surface area contributed by atoms with Crippen molar-refractivity contribution in [3.63, 3.8) is 0 Å². The van der Waals surface area contributed by atoms with Gasteiger partial charge < -0.3 is 15.1 Å². The Labute approximate surface area is 168 Å². The molecule has 0 aliphatic carbocycles. The highest BCUT2D eigenvalue weighted by Gasteiger charge is 2.19. The van der Waals surface area contributed by atoms with Crippen molar-refractivity contribution < 1.29 is 28.6 Å². The van der Waals surface area contributed by atoms with Gasteiger partial charge in [-0.1, -0.05) is 18.2 Å². The van der Waals surface area contributed by atoms with Crippen LogP contribution in [0.2, 0.25) is 0 Å². The maximum absolute atomic E-state index is 13.8. The van der Waals surface area contributed by atoms with E-state index in [1.165, 1.54) is 22.9 Å². The van der Waals surface area contributed by atoms with Crippen LogP contribution in [0, 0.1) is 25.5 Å². The van der Waals surface area contributed by atoms with Crippen LogP contribution in [0.5, 0.6) is 0 Å². The molecule has 0 amide bonds. The van der Waals surface area contributed by atoms with Crippen LogP contribution in [0.4, 0.5) is 14.5 Å². The fourth-order valence-electron chi connectivity index (χ4n) is 3.12. The summed E-state index contributed by atoms with van der Waals surface area (Å²) >= 11 is 0. The monoisotopic (exact) mass is 406 g/mol. The number of carboxylic acid groups (broad SMARTS) is 2. The standard InChI is InChI=1S/C19H22F2N2.C2H2O4/c1-14-4-3-5-19(15(14)2)23-10-8-22(9-11-23)13-16-6-7-17(20)12-18(16)21;3-1(4)2(5)6/h3-7,12H,8-11,13H2,1-2H3;(H,3,4)(H,5,6). The normalized spacial score (nSPS) is 14.1. The Morgan fingerprint density at radius 3 is 2.14 bits per heavy atom. The number of nitrogens with zero attached hydrogens (tertiary/aromatic N) is 2. The lowest BCUT2D eigenvalue weighted by Crippen LogP contribution is -2.46. The van der Waals surface area contributed by atoms with Gasteiger partial charge in [0.1, 0.15) is 11.6 Å². The Balaban J connectivity index is 0.000000438. The second-order valence-corrected chi connectivity index (χ2v) is 6.83. The summed E-state index contributed by atoms with van der Waals surface area (Å²) in [6.07, 6.45) is 0. The zero-order valence-electron chi connectivity index (χ0n) is 16.4. The first-order valence-corrected chi connectivity index (χ1v) is 9.12. The second-order valence-electron chi connectivity index (χ2n) is 6.83. The molecule has 1 heterocycles. The quantitative estimate of drug-likeness (QED) is 0.763. The summed E-state index contributed by atoms with van der Waals surface area (Å²) in [5.41, 5.74) is 4.48. The Kier molecular flexibility index (Phi) is 7.67. The number of piperazine rings is 1. The molecule has 6 nitrogen and oxygen atoms in total. The number of anilines is 1. The van der Waals surface area contributed by atoms with Gasteiger partial charge in [0.05, 0.1) is 0 Å². The molecule has 2 N–H and O–H groups in total. The van der Waals surface area contributed by atoms with E-state index in [0.29, 0.717) is 12.1 Å². The molecule has 29 heavy (non-hydrogen) atoms. The van der Waals surface area contributed by atoms with Gasteiger partial charge in [-0.05, 0) is 37.1 Å². The van der Waals surface area contributed by atoms with Gasteiger partial charge in [-0.15, -0.1) is 0 Å². The van der Waals surface area contributed by atoms with Crippen LogP contribution >= 0.6 is 0 Å². The van der Waals surface area contributed by atoms with Crippen molar-refractivity contribution in [1.29, 1.82) is 0 Å². The minimum Gasteiger partial charge on any atom is -0.473 e. The molecule has 1 aliphatic rings. The van der Waals surface area contributed by atoms with E-state index in [9.17, 15) is 8.78 Å². The van der Waals surface area contributed by atoms with E-state index in [-0.39, 0.29) is 0 Å². The van der Waals surface area contributed by atoms with Crippen molar-refractivity contribution in [2.75, 3.05) is 31.1 Å². The van der Waals surface area contributed by atoms with Crippen LogP contribution in [-0.4, -0.2) is 53.2 Å². The van der Waals surface area contributed by atoms with Crippen LogP contribution < -0.4 is 4.90 Å².